The van der Waals surface area contributed by atoms with Gasteiger partial charge in [-0.25, -0.2) is 0 Å². The van der Waals surface area contributed by atoms with Crippen LogP contribution in [0.1, 0.15) is 36.2 Å². The highest BCUT2D eigenvalue weighted by Crippen LogP contribution is 2.21. The molecule has 0 aliphatic rings. The highest BCUT2D eigenvalue weighted by atomic mass is 16.5. The number of aryl methyl sites for hydroxylation is 1. The summed E-state index contributed by atoms with van der Waals surface area (Å²) in [5.74, 6) is 0.890. The zero-order valence-corrected chi connectivity index (χ0v) is 13.1. The first-order valence-electron chi connectivity index (χ1n) is 7.51. The molecule has 1 atom stereocenters. The molecule has 3 nitrogen and oxygen atoms in total. The maximum atomic E-state index is 5.23. The molecule has 0 aliphatic heterocycles. The molecule has 1 heterocycles. The van der Waals surface area contributed by atoms with E-state index >= 15 is 0 Å². The Bertz CT molecular complexity index is 534. The first-order chi connectivity index (χ1) is 10.2. The van der Waals surface area contributed by atoms with E-state index in [1.807, 2.05) is 18.3 Å². The molecule has 3 heteroatoms. The van der Waals surface area contributed by atoms with Crippen molar-refractivity contribution in [2.24, 2.45) is 0 Å². The van der Waals surface area contributed by atoms with Crippen molar-refractivity contribution in [2.75, 3.05) is 13.7 Å². The van der Waals surface area contributed by atoms with Gasteiger partial charge in [0.1, 0.15) is 5.75 Å². The molecule has 2 aromatic rings. The van der Waals surface area contributed by atoms with Crippen LogP contribution in [-0.2, 0) is 6.42 Å². The number of benzene rings is 1. The third kappa shape index (κ3) is 4.57. The molecular formula is C18H24N2O. The summed E-state index contributed by atoms with van der Waals surface area (Å²) < 4.78 is 5.23. The fraction of sp³-hybridized carbons (Fsp3) is 0.389. The van der Waals surface area contributed by atoms with Gasteiger partial charge in [-0.1, -0.05) is 25.1 Å². The number of ether oxygens (including phenoxy) is 1. The largest absolute Gasteiger partial charge is 0.497 e. The Labute approximate surface area is 127 Å². The van der Waals surface area contributed by atoms with E-state index in [-0.39, 0.29) is 6.04 Å². The van der Waals surface area contributed by atoms with Crippen molar-refractivity contribution in [3.63, 3.8) is 0 Å². The molecule has 21 heavy (non-hydrogen) atoms. The lowest BCUT2D eigenvalue weighted by Gasteiger charge is -2.19. The molecule has 0 saturated heterocycles. The molecule has 0 amide bonds. The Hall–Kier alpha value is -1.87. The minimum absolute atomic E-state index is 0.283. The summed E-state index contributed by atoms with van der Waals surface area (Å²) >= 11 is 0. The van der Waals surface area contributed by atoms with Gasteiger partial charge in [0.25, 0.3) is 0 Å². The molecule has 0 saturated carbocycles. The maximum absolute atomic E-state index is 5.23. The van der Waals surface area contributed by atoms with E-state index in [0.717, 1.165) is 30.8 Å². The third-order valence-electron chi connectivity index (χ3n) is 3.54. The lowest BCUT2D eigenvalue weighted by atomic mass is 10.0. The van der Waals surface area contributed by atoms with Gasteiger partial charge < -0.3 is 10.1 Å². The first kappa shape index (κ1) is 15.5. The summed E-state index contributed by atoms with van der Waals surface area (Å²) in [7, 11) is 1.69. The van der Waals surface area contributed by atoms with E-state index in [0.29, 0.717) is 0 Å². The number of pyridine rings is 1. The van der Waals surface area contributed by atoms with Crippen LogP contribution in [0.15, 0.2) is 42.6 Å². The van der Waals surface area contributed by atoms with Crippen molar-refractivity contribution in [1.29, 1.82) is 0 Å². The van der Waals surface area contributed by atoms with Crippen molar-refractivity contribution in [1.82, 2.24) is 10.3 Å². The molecule has 1 N–H and O–H groups in total. The molecule has 0 spiro atoms. The number of nitrogens with zero attached hydrogens (tertiary/aromatic N) is 1. The predicted molar refractivity (Wildman–Crippen MR) is 86.7 cm³/mol. The van der Waals surface area contributed by atoms with Crippen LogP contribution in [0.2, 0.25) is 0 Å². The van der Waals surface area contributed by atoms with E-state index in [1.54, 1.807) is 7.11 Å². The molecule has 0 aliphatic carbocycles. The minimum atomic E-state index is 0.283. The Morgan fingerprint density at radius 3 is 2.48 bits per heavy atom. The number of aromatic nitrogens is 1. The number of rotatable bonds is 7. The van der Waals surface area contributed by atoms with Crippen LogP contribution in [-0.4, -0.2) is 18.6 Å². The lowest BCUT2D eigenvalue weighted by Crippen LogP contribution is -2.24. The fourth-order valence-corrected chi connectivity index (χ4v) is 2.29. The molecule has 1 unspecified atom stereocenters. The number of hydrogen-bond acceptors (Lipinski definition) is 3. The van der Waals surface area contributed by atoms with Crippen LogP contribution in [0, 0.1) is 6.92 Å². The average Bonchev–Trinajstić information content (AvgIpc) is 2.53. The summed E-state index contributed by atoms with van der Waals surface area (Å²) in [6.07, 6.45) is 3.95. The van der Waals surface area contributed by atoms with Crippen molar-refractivity contribution < 1.29 is 4.74 Å². The Morgan fingerprint density at radius 2 is 1.90 bits per heavy atom. The van der Waals surface area contributed by atoms with Crippen LogP contribution in [0.5, 0.6) is 5.75 Å². The van der Waals surface area contributed by atoms with Crippen LogP contribution < -0.4 is 10.1 Å². The van der Waals surface area contributed by atoms with Gasteiger partial charge in [-0.15, -0.1) is 0 Å². The van der Waals surface area contributed by atoms with E-state index in [2.05, 4.69) is 48.4 Å². The Morgan fingerprint density at radius 1 is 1.14 bits per heavy atom. The van der Waals surface area contributed by atoms with Crippen LogP contribution >= 0.6 is 0 Å². The van der Waals surface area contributed by atoms with Gasteiger partial charge in [0.15, 0.2) is 0 Å². The smallest absolute Gasteiger partial charge is 0.118 e. The number of nitrogens with one attached hydrogen (secondary N) is 1. The van der Waals surface area contributed by atoms with Gasteiger partial charge >= 0.3 is 0 Å². The molecule has 0 radical (unpaired) electrons. The minimum Gasteiger partial charge on any atom is -0.497 e. The molecular weight excluding hydrogens is 260 g/mol. The molecule has 2 rings (SSSR count). The Balaban J connectivity index is 2.14. The second-order valence-electron chi connectivity index (χ2n) is 5.31. The third-order valence-corrected chi connectivity index (χ3v) is 3.54. The van der Waals surface area contributed by atoms with Gasteiger partial charge in [-0.05, 0) is 49.2 Å². The lowest BCUT2D eigenvalue weighted by molar-refractivity contribution is 0.414. The number of hydrogen-bond donors (Lipinski definition) is 1. The van der Waals surface area contributed by atoms with E-state index in [4.69, 9.17) is 4.74 Å². The van der Waals surface area contributed by atoms with Crippen molar-refractivity contribution >= 4 is 0 Å². The molecule has 112 valence electrons. The van der Waals surface area contributed by atoms with Gasteiger partial charge in [0, 0.05) is 24.4 Å². The topological polar surface area (TPSA) is 34.2 Å². The van der Waals surface area contributed by atoms with Crippen LogP contribution in [0.4, 0.5) is 0 Å². The van der Waals surface area contributed by atoms with Crippen molar-refractivity contribution in [3.8, 4) is 5.75 Å². The normalized spacial score (nSPS) is 12.1. The highest BCUT2D eigenvalue weighted by molar-refractivity contribution is 5.30. The summed E-state index contributed by atoms with van der Waals surface area (Å²) in [5, 5.41) is 3.61. The zero-order chi connectivity index (χ0) is 15.1. The first-order valence-corrected chi connectivity index (χ1v) is 7.51. The molecule has 0 bridgehead atoms. The summed E-state index contributed by atoms with van der Waals surface area (Å²) in [5.41, 5.74) is 3.58. The second kappa shape index (κ2) is 7.79. The average molecular weight is 284 g/mol. The van der Waals surface area contributed by atoms with E-state index in [1.165, 1.54) is 11.1 Å². The molecule has 1 aromatic carbocycles. The second-order valence-corrected chi connectivity index (χ2v) is 5.31. The number of methoxy groups -OCH3 is 1. The maximum Gasteiger partial charge on any atom is 0.118 e. The zero-order valence-electron chi connectivity index (χ0n) is 13.1. The summed E-state index contributed by atoms with van der Waals surface area (Å²) in [6, 6.07) is 12.8. The van der Waals surface area contributed by atoms with Gasteiger partial charge in [-0.2, -0.15) is 0 Å². The van der Waals surface area contributed by atoms with E-state index < -0.39 is 0 Å². The van der Waals surface area contributed by atoms with E-state index in [9.17, 15) is 0 Å². The van der Waals surface area contributed by atoms with Crippen molar-refractivity contribution in [3.05, 3.63) is 59.4 Å². The van der Waals surface area contributed by atoms with Gasteiger partial charge in [0.05, 0.1) is 7.11 Å². The standard InChI is InChI=1S/C18H24N2O/c1-4-11-19-18(12-16-8-5-14(2)13-20-16)15-6-9-17(21-3)10-7-15/h5-10,13,18-19H,4,11-12H2,1-3H3. The van der Waals surface area contributed by atoms with Gasteiger partial charge in [0.2, 0.25) is 0 Å². The van der Waals surface area contributed by atoms with Crippen molar-refractivity contribution in [2.45, 2.75) is 32.7 Å². The quantitative estimate of drug-likeness (QED) is 0.842. The van der Waals surface area contributed by atoms with Gasteiger partial charge in [-0.3, -0.25) is 4.98 Å². The monoisotopic (exact) mass is 284 g/mol. The SMILES string of the molecule is CCCNC(Cc1ccc(C)cn1)c1ccc(OC)cc1. The van der Waals surface area contributed by atoms with Crippen LogP contribution in [0.3, 0.4) is 0 Å². The fourth-order valence-electron chi connectivity index (χ4n) is 2.29. The molecule has 0 fully saturated rings. The molecule has 1 aromatic heterocycles. The summed E-state index contributed by atoms with van der Waals surface area (Å²) in [4.78, 5) is 4.52. The summed E-state index contributed by atoms with van der Waals surface area (Å²) in [6.45, 7) is 5.25. The van der Waals surface area contributed by atoms with Crippen LogP contribution in [0.25, 0.3) is 0 Å². The highest BCUT2D eigenvalue weighted by Gasteiger charge is 2.12. The predicted octanol–water partition coefficient (Wildman–Crippen LogP) is 3.68. The Kier molecular flexibility index (Phi) is 5.76.